The van der Waals surface area contributed by atoms with E-state index in [9.17, 15) is 13.2 Å². The molecule has 1 amide bonds. The van der Waals surface area contributed by atoms with Crippen molar-refractivity contribution in [2.24, 2.45) is 0 Å². The van der Waals surface area contributed by atoms with E-state index >= 15 is 0 Å². The normalized spacial score (nSPS) is 12.5. The van der Waals surface area contributed by atoms with Crippen LogP contribution in [0.3, 0.4) is 0 Å². The van der Waals surface area contributed by atoms with E-state index in [1.54, 1.807) is 31.2 Å². The number of amides is 1. The number of sulfonamides is 1. The lowest BCUT2D eigenvalue weighted by Crippen LogP contribution is -2.49. The van der Waals surface area contributed by atoms with Gasteiger partial charge in [0, 0.05) is 6.04 Å². The molecule has 140 valence electrons. The van der Waals surface area contributed by atoms with Gasteiger partial charge >= 0.3 is 0 Å². The molecule has 0 aliphatic heterocycles. The average molecular weight is 376 g/mol. The number of hydrogen-bond acceptors (Lipinski definition) is 4. The summed E-state index contributed by atoms with van der Waals surface area (Å²) in [6.07, 6.45) is 1.08. The summed E-state index contributed by atoms with van der Waals surface area (Å²) in [5, 5.41) is 2.74. The zero-order chi connectivity index (χ0) is 19.3. The van der Waals surface area contributed by atoms with Crippen molar-refractivity contribution in [1.82, 2.24) is 5.32 Å². The Morgan fingerprint density at radius 2 is 1.50 bits per heavy atom. The standard InChI is InChI=1S/C19H24N2O4S/c1-14(2)20-19(22)15(3)21(26(4,23)24)16-10-12-18(13-11-16)25-17-8-6-5-7-9-17/h5-15H,1-4H3,(H,20,22). The van der Waals surface area contributed by atoms with Gasteiger partial charge in [0.2, 0.25) is 15.9 Å². The highest BCUT2D eigenvalue weighted by Gasteiger charge is 2.29. The maximum absolute atomic E-state index is 12.3. The van der Waals surface area contributed by atoms with Crippen LogP contribution in [0.5, 0.6) is 11.5 Å². The predicted octanol–water partition coefficient (Wildman–Crippen LogP) is 3.16. The Kier molecular flexibility index (Phi) is 6.26. The second kappa shape index (κ2) is 8.23. The van der Waals surface area contributed by atoms with Crippen LogP contribution in [0, 0.1) is 0 Å². The summed E-state index contributed by atoms with van der Waals surface area (Å²) < 4.78 is 31.3. The monoisotopic (exact) mass is 376 g/mol. The van der Waals surface area contributed by atoms with E-state index in [0.717, 1.165) is 10.6 Å². The van der Waals surface area contributed by atoms with Gasteiger partial charge in [0.1, 0.15) is 17.5 Å². The van der Waals surface area contributed by atoms with Gasteiger partial charge in [0.25, 0.3) is 0 Å². The largest absolute Gasteiger partial charge is 0.457 e. The number of nitrogens with one attached hydrogen (secondary N) is 1. The molecule has 1 unspecified atom stereocenters. The van der Waals surface area contributed by atoms with Gasteiger partial charge in [-0.15, -0.1) is 0 Å². The third kappa shape index (κ3) is 5.23. The maximum Gasteiger partial charge on any atom is 0.243 e. The number of hydrogen-bond donors (Lipinski definition) is 1. The van der Waals surface area contributed by atoms with Gasteiger partial charge in [-0.25, -0.2) is 8.42 Å². The number of benzene rings is 2. The van der Waals surface area contributed by atoms with Crippen LogP contribution in [-0.4, -0.2) is 32.7 Å². The fourth-order valence-corrected chi connectivity index (χ4v) is 3.67. The highest BCUT2D eigenvalue weighted by molar-refractivity contribution is 7.92. The van der Waals surface area contributed by atoms with Crippen LogP contribution >= 0.6 is 0 Å². The Morgan fingerprint density at radius 3 is 2.00 bits per heavy atom. The summed E-state index contributed by atoms with van der Waals surface area (Å²) in [5.74, 6) is 0.910. The van der Waals surface area contributed by atoms with Crippen LogP contribution in [0.4, 0.5) is 5.69 Å². The van der Waals surface area contributed by atoms with Crippen LogP contribution in [0.15, 0.2) is 54.6 Å². The first-order chi connectivity index (χ1) is 12.2. The lowest BCUT2D eigenvalue weighted by atomic mass is 10.2. The average Bonchev–Trinajstić information content (AvgIpc) is 2.55. The fraction of sp³-hybridized carbons (Fsp3) is 0.316. The number of nitrogens with zero attached hydrogens (tertiary/aromatic N) is 1. The number of carbonyl (C=O) groups is 1. The fourth-order valence-electron chi connectivity index (χ4n) is 2.50. The third-order valence-electron chi connectivity index (χ3n) is 3.59. The number of rotatable bonds is 7. The number of ether oxygens (including phenoxy) is 1. The van der Waals surface area contributed by atoms with E-state index in [4.69, 9.17) is 4.74 Å². The molecule has 0 heterocycles. The molecule has 1 N–H and O–H groups in total. The zero-order valence-electron chi connectivity index (χ0n) is 15.3. The molecule has 7 heteroatoms. The minimum Gasteiger partial charge on any atom is -0.457 e. The molecular weight excluding hydrogens is 352 g/mol. The second-order valence-electron chi connectivity index (χ2n) is 6.31. The van der Waals surface area contributed by atoms with Gasteiger partial charge in [-0.3, -0.25) is 9.10 Å². The Morgan fingerprint density at radius 1 is 0.962 bits per heavy atom. The second-order valence-corrected chi connectivity index (χ2v) is 8.17. The maximum atomic E-state index is 12.3. The van der Waals surface area contributed by atoms with E-state index in [1.807, 2.05) is 44.2 Å². The van der Waals surface area contributed by atoms with Crippen molar-refractivity contribution in [1.29, 1.82) is 0 Å². The van der Waals surface area contributed by atoms with E-state index < -0.39 is 16.1 Å². The topological polar surface area (TPSA) is 75.7 Å². The van der Waals surface area contributed by atoms with Crippen LogP contribution in [0.2, 0.25) is 0 Å². The molecular formula is C19H24N2O4S. The molecule has 0 spiro atoms. The molecule has 0 aromatic heterocycles. The Balaban J connectivity index is 2.25. The van der Waals surface area contributed by atoms with Crippen molar-refractivity contribution in [3.8, 4) is 11.5 Å². The minimum absolute atomic E-state index is 0.0759. The highest BCUT2D eigenvalue weighted by Crippen LogP contribution is 2.26. The van der Waals surface area contributed by atoms with Crippen LogP contribution in [-0.2, 0) is 14.8 Å². The van der Waals surface area contributed by atoms with Crippen molar-refractivity contribution in [2.45, 2.75) is 32.9 Å². The highest BCUT2D eigenvalue weighted by atomic mass is 32.2. The summed E-state index contributed by atoms with van der Waals surface area (Å²) in [6, 6.07) is 14.9. The van der Waals surface area contributed by atoms with Gasteiger partial charge in [-0.05, 0) is 57.2 Å². The van der Waals surface area contributed by atoms with Crippen LogP contribution in [0.25, 0.3) is 0 Å². The molecule has 1 atom stereocenters. The number of carbonyl (C=O) groups excluding carboxylic acids is 1. The van der Waals surface area contributed by atoms with Crippen molar-refractivity contribution in [3.05, 3.63) is 54.6 Å². The molecule has 0 bridgehead atoms. The first-order valence-electron chi connectivity index (χ1n) is 8.31. The molecule has 0 aliphatic carbocycles. The number of anilines is 1. The third-order valence-corrected chi connectivity index (χ3v) is 4.83. The van der Waals surface area contributed by atoms with E-state index in [1.165, 1.54) is 0 Å². The summed E-state index contributed by atoms with van der Waals surface area (Å²) in [7, 11) is -3.64. The molecule has 0 radical (unpaired) electrons. The summed E-state index contributed by atoms with van der Waals surface area (Å²) >= 11 is 0. The molecule has 0 saturated heterocycles. The van der Waals surface area contributed by atoms with Gasteiger partial charge in [0.05, 0.1) is 11.9 Å². The van der Waals surface area contributed by atoms with Gasteiger partial charge in [0.15, 0.2) is 0 Å². The van der Waals surface area contributed by atoms with Crippen molar-refractivity contribution < 1.29 is 17.9 Å². The van der Waals surface area contributed by atoms with Crippen LogP contribution in [0.1, 0.15) is 20.8 Å². The minimum atomic E-state index is -3.64. The van der Waals surface area contributed by atoms with Crippen molar-refractivity contribution in [2.75, 3.05) is 10.6 Å². The summed E-state index contributed by atoms with van der Waals surface area (Å²) in [5.41, 5.74) is 0.402. The van der Waals surface area contributed by atoms with Crippen molar-refractivity contribution >= 4 is 21.6 Å². The van der Waals surface area contributed by atoms with Gasteiger partial charge < -0.3 is 10.1 Å². The van der Waals surface area contributed by atoms with Gasteiger partial charge in [-0.1, -0.05) is 18.2 Å². The van der Waals surface area contributed by atoms with E-state index in [0.29, 0.717) is 17.2 Å². The summed E-state index contributed by atoms with van der Waals surface area (Å²) in [6.45, 7) is 5.21. The SMILES string of the molecule is CC(C)NC(=O)C(C)N(c1ccc(Oc2ccccc2)cc1)S(C)(=O)=O. The zero-order valence-corrected chi connectivity index (χ0v) is 16.2. The molecule has 26 heavy (non-hydrogen) atoms. The lowest BCUT2D eigenvalue weighted by Gasteiger charge is -2.29. The molecule has 0 saturated carbocycles. The molecule has 6 nitrogen and oxygen atoms in total. The number of para-hydroxylation sites is 1. The first-order valence-corrected chi connectivity index (χ1v) is 10.2. The Hall–Kier alpha value is -2.54. The van der Waals surface area contributed by atoms with E-state index in [2.05, 4.69) is 5.32 Å². The molecule has 2 aromatic carbocycles. The van der Waals surface area contributed by atoms with Crippen LogP contribution < -0.4 is 14.4 Å². The quantitative estimate of drug-likeness (QED) is 0.805. The smallest absolute Gasteiger partial charge is 0.243 e. The van der Waals surface area contributed by atoms with E-state index in [-0.39, 0.29) is 11.9 Å². The van der Waals surface area contributed by atoms with Crippen molar-refractivity contribution in [3.63, 3.8) is 0 Å². The summed E-state index contributed by atoms with van der Waals surface area (Å²) in [4.78, 5) is 12.3. The molecule has 2 aromatic rings. The molecule has 2 rings (SSSR count). The Labute approximate surface area is 154 Å². The first kappa shape index (κ1) is 19.8. The Bertz CT molecular complexity index is 834. The van der Waals surface area contributed by atoms with Gasteiger partial charge in [-0.2, -0.15) is 0 Å². The lowest BCUT2D eigenvalue weighted by molar-refractivity contribution is -0.122. The molecule has 0 fully saturated rings. The molecule has 0 aliphatic rings. The predicted molar refractivity (Wildman–Crippen MR) is 103 cm³/mol.